The van der Waals surface area contributed by atoms with Crippen molar-refractivity contribution in [3.05, 3.63) is 18.5 Å². The minimum atomic E-state index is 0.741. The largest absolute Gasteiger partial charge is 0.276 e. The zero-order chi connectivity index (χ0) is 6.69. The van der Waals surface area contributed by atoms with E-state index in [2.05, 4.69) is 28.5 Å². The van der Waals surface area contributed by atoms with E-state index in [4.69, 9.17) is 0 Å². The average Bonchev–Trinajstić information content (AvgIpc) is 2.33. The fourth-order valence-corrected chi connectivity index (χ4v) is 0.566. The Kier molecular flexibility index (Phi) is 1.44. The number of aromatic amines is 1. The van der Waals surface area contributed by atoms with Crippen LogP contribution in [0.1, 0.15) is 5.69 Å². The standard InChI is InChI=1S/C6H7N3/c1-3-5-6(7-2)4-8-9-5/h3-4H,1-2H2,(H,8,9). The molecular weight excluding hydrogens is 114 g/mol. The summed E-state index contributed by atoms with van der Waals surface area (Å²) in [6, 6.07) is 0. The number of nitrogens with one attached hydrogen (secondary N) is 1. The molecule has 0 unspecified atom stereocenters. The summed E-state index contributed by atoms with van der Waals surface area (Å²) in [4.78, 5) is 3.69. The van der Waals surface area contributed by atoms with Crippen LogP contribution < -0.4 is 0 Å². The zero-order valence-corrected chi connectivity index (χ0v) is 4.96. The molecule has 0 saturated heterocycles. The average molecular weight is 121 g/mol. The molecule has 0 fully saturated rings. The lowest BCUT2D eigenvalue weighted by atomic mass is 10.4. The number of H-pyrrole nitrogens is 1. The molecule has 3 heteroatoms. The van der Waals surface area contributed by atoms with E-state index in [9.17, 15) is 0 Å². The Bertz CT molecular complexity index is 201. The fraction of sp³-hybridized carbons (Fsp3) is 0. The van der Waals surface area contributed by atoms with E-state index >= 15 is 0 Å². The van der Waals surface area contributed by atoms with Gasteiger partial charge in [0.2, 0.25) is 0 Å². The van der Waals surface area contributed by atoms with E-state index in [1.54, 1.807) is 12.3 Å². The Labute approximate surface area is 53.1 Å². The predicted molar refractivity (Wildman–Crippen MR) is 37.9 cm³/mol. The Morgan fingerprint density at radius 3 is 3.00 bits per heavy atom. The minimum Gasteiger partial charge on any atom is -0.276 e. The van der Waals surface area contributed by atoms with Gasteiger partial charge in [0.15, 0.2) is 0 Å². The first kappa shape index (κ1) is 5.75. The second-order valence-electron chi connectivity index (χ2n) is 1.53. The summed E-state index contributed by atoms with van der Waals surface area (Å²) in [7, 11) is 0. The second kappa shape index (κ2) is 2.26. The molecule has 0 aliphatic rings. The van der Waals surface area contributed by atoms with E-state index in [-0.39, 0.29) is 0 Å². The van der Waals surface area contributed by atoms with Crippen LogP contribution in [0.25, 0.3) is 6.08 Å². The molecule has 3 nitrogen and oxygen atoms in total. The Hall–Kier alpha value is -1.38. The van der Waals surface area contributed by atoms with Crippen molar-refractivity contribution in [3.8, 4) is 0 Å². The molecule has 0 atom stereocenters. The van der Waals surface area contributed by atoms with Crippen molar-refractivity contribution in [2.45, 2.75) is 0 Å². The third kappa shape index (κ3) is 0.887. The van der Waals surface area contributed by atoms with Crippen molar-refractivity contribution in [2.75, 3.05) is 0 Å². The van der Waals surface area contributed by atoms with Gasteiger partial charge in [-0.25, -0.2) is 0 Å². The molecule has 9 heavy (non-hydrogen) atoms. The lowest BCUT2D eigenvalue weighted by Gasteiger charge is -1.83. The van der Waals surface area contributed by atoms with Gasteiger partial charge in [0.05, 0.1) is 11.9 Å². The highest BCUT2D eigenvalue weighted by Gasteiger charge is 1.94. The van der Waals surface area contributed by atoms with Gasteiger partial charge in [-0.15, -0.1) is 0 Å². The number of rotatable bonds is 2. The monoisotopic (exact) mass is 121 g/mol. The van der Waals surface area contributed by atoms with Crippen LogP contribution in [0.2, 0.25) is 0 Å². The summed E-state index contributed by atoms with van der Waals surface area (Å²) in [5.41, 5.74) is 1.55. The fourth-order valence-electron chi connectivity index (χ4n) is 0.566. The Balaban J connectivity index is 3.12. The molecule has 1 rings (SSSR count). The van der Waals surface area contributed by atoms with Gasteiger partial charge in [0.1, 0.15) is 5.69 Å². The highest BCUT2D eigenvalue weighted by molar-refractivity contribution is 5.60. The first-order valence-electron chi connectivity index (χ1n) is 2.51. The van der Waals surface area contributed by atoms with Crippen LogP contribution in [-0.4, -0.2) is 16.9 Å². The molecule has 0 aliphatic carbocycles. The molecule has 1 N–H and O–H groups in total. The maximum Gasteiger partial charge on any atom is 0.107 e. The van der Waals surface area contributed by atoms with Crippen molar-refractivity contribution >= 4 is 18.5 Å². The molecule has 46 valence electrons. The summed E-state index contributed by atoms with van der Waals surface area (Å²) < 4.78 is 0. The van der Waals surface area contributed by atoms with Crippen LogP contribution >= 0.6 is 0 Å². The molecule has 0 aliphatic heterocycles. The van der Waals surface area contributed by atoms with Crippen molar-refractivity contribution in [1.82, 2.24) is 10.2 Å². The number of nitrogens with zero attached hydrogens (tertiary/aromatic N) is 2. The van der Waals surface area contributed by atoms with Crippen LogP contribution in [0.5, 0.6) is 0 Å². The molecule has 1 aromatic rings. The number of hydrogen-bond donors (Lipinski definition) is 1. The molecule has 0 aromatic carbocycles. The number of aliphatic imine (C=N–C) groups is 1. The molecule has 1 aromatic heterocycles. The maximum atomic E-state index is 3.73. The first-order valence-corrected chi connectivity index (χ1v) is 2.51. The summed E-state index contributed by atoms with van der Waals surface area (Å²) in [6.07, 6.45) is 3.25. The van der Waals surface area contributed by atoms with Crippen molar-refractivity contribution in [3.63, 3.8) is 0 Å². The summed E-state index contributed by atoms with van der Waals surface area (Å²) in [5, 5.41) is 6.44. The van der Waals surface area contributed by atoms with Crippen LogP contribution in [0.3, 0.4) is 0 Å². The smallest absolute Gasteiger partial charge is 0.107 e. The first-order chi connectivity index (χ1) is 4.38. The SMILES string of the molecule is C=Cc1[nH]ncc1N=C. The van der Waals surface area contributed by atoms with E-state index in [1.165, 1.54) is 0 Å². The highest BCUT2D eigenvalue weighted by atomic mass is 15.1. The van der Waals surface area contributed by atoms with Crippen LogP contribution in [0.4, 0.5) is 5.69 Å². The number of aromatic nitrogens is 2. The van der Waals surface area contributed by atoms with Gasteiger partial charge < -0.3 is 0 Å². The molecule has 0 bridgehead atoms. The normalized spacial score (nSPS) is 8.89. The maximum absolute atomic E-state index is 3.73. The van der Waals surface area contributed by atoms with Gasteiger partial charge in [-0.1, -0.05) is 6.58 Å². The predicted octanol–water partition coefficient (Wildman–Crippen LogP) is 1.38. The van der Waals surface area contributed by atoms with E-state index < -0.39 is 0 Å². The third-order valence-electron chi connectivity index (χ3n) is 1.02. The van der Waals surface area contributed by atoms with Crippen molar-refractivity contribution in [2.24, 2.45) is 4.99 Å². The lowest BCUT2D eigenvalue weighted by Crippen LogP contribution is -1.68. The minimum absolute atomic E-state index is 0.741. The molecular formula is C6H7N3. The summed E-state index contributed by atoms with van der Waals surface area (Å²) >= 11 is 0. The summed E-state index contributed by atoms with van der Waals surface area (Å²) in [5.74, 6) is 0. The van der Waals surface area contributed by atoms with E-state index in [0.717, 1.165) is 11.4 Å². The molecule has 0 radical (unpaired) electrons. The third-order valence-corrected chi connectivity index (χ3v) is 1.02. The summed E-state index contributed by atoms with van der Waals surface area (Å²) in [6.45, 7) is 6.91. The molecule has 1 heterocycles. The Morgan fingerprint density at radius 1 is 1.78 bits per heavy atom. The Morgan fingerprint density at radius 2 is 2.56 bits per heavy atom. The molecule has 0 spiro atoms. The lowest BCUT2D eigenvalue weighted by molar-refractivity contribution is 1.08. The molecule has 0 amide bonds. The number of hydrogen-bond acceptors (Lipinski definition) is 2. The van der Waals surface area contributed by atoms with E-state index in [0.29, 0.717) is 0 Å². The quantitative estimate of drug-likeness (QED) is 0.590. The van der Waals surface area contributed by atoms with Crippen molar-refractivity contribution in [1.29, 1.82) is 0 Å². The topological polar surface area (TPSA) is 41.0 Å². The van der Waals surface area contributed by atoms with E-state index in [1.807, 2.05) is 0 Å². The van der Waals surface area contributed by atoms with Crippen molar-refractivity contribution < 1.29 is 0 Å². The van der Waals surface area contributed by atoms with Gasteiger partial charge in [-0.3, -0.25) is 10.1 Å². The van der Waals surface area contributed by atoms with Crippen LogP contribution in [0.15, 0.2) is 17.8 Å². The van der Waals surface area contributed by atoms with Gasteiger partial charge in [-0.2, -0.15) is 5.10 Å². The second-order valence-corrected chi connectivity index (χ2v) is 1.53. The van der Waals surface area contributed by atoms with Gasteiger partial charge in [-0.05, 0) is 12.8 Å². The van der Waals surface area contributed by atoms with Gasteiger partial charge >= 0.3 is 0 Å². The van der Waals surface area contributed by atoms with Gasteiger partial charge in [0.25, 0.3) is 0 Å². The van der Waals surface area contributed by atoms with Crippen LogP contribution in [0, 0.1) is 0 Å². The zero-order valence-electron chi connectivity index (χ0n) is 4.96. The van der Waals surface area contributed by atoms with Gasteiger partial charge in [0, 0.05) is 0 Å². The molecule has 0 saturated carbocycles. The van der Waals surface area contributed by atoms with Crippen LogP contribution in [-0.2, 0) is 0 Å². The highest BCUT2D eigenvalue weighted by Crippen LogP contribution is 2.14.